The van der Waals surface area contributed by atoms with Crippen molar-refractivity contribution in [1.29, 1.82) is 0 Å². The Hall–Kier alpha value is -2.50. The van der Waals surface area contributed by atoms with Crippen molar-refractivity contribution < 1.29 is 44.3 Å². The molecule has 0 spiro atoms. The largest absolute Gasteiger partial charge is 0.480 e. The highest BCUT2D eigenvalue weighted by Crippen LogP contribution is 2.04. The van der Waals surface area contributed by atoms with Crippen molar-refractivity contribution in [2.45, 2.75) is 13.0 Å². The molecule has 0 fully saturated rings. The molecule has 0 saturated heterocycles. The molecule has 26 heavy (non-hydrogen) atoms. The predicted octanol–water partition coefficient (Wildman–Crippen LogP) is -1.68. The number of carboxylic acids is 3. The number of rotatable bonds is 14. The zero-order valence-electron chi connectivity index (χ0n) is 14.5. The van der Waals surface area contributed by atoms with Crippen LogP contribution in [0.4, 0.5) is 0 Å². The van der Waals surface area contributed by atoms with Gasteiger partial charge in [0.25, 0.3) is 0 Å². The molecular formula is C15H24N2O9. The van der Waals surface area contributed by atoms with Gasteiger partial charge in [0.1, 0.15) is 6.61 Å². The van der Waals surface area contributed by atoms with Gasteiger partial charge in [-0.1, -0.05) is 6.58 Å². The van der Waals surface area contributed by atoms with Crippen LogP contribution in [-0.2, 0) is 23.9 Å². The number of hydrogen-bond donors (Lipinski definition) is 4. The number of ether oxygens (including phenoxy) is 1. The van der Waals surface area contributed by atoms with Crippen molar-refractivity contribution in [3.8, 4) is 0 Å². The molecule has 0 saturated carbocycles. The van der Waals surface area contributed by atoms with Crippen LogP contribution in [0.25, 0.3) is 0 Å². The summed E-state index contributed by atoms with van der Waals surface area (Å²) in [6, 6.07) is -0.856. The molecule has 11 heteroatoms. The number of carboxylic acid groups (broad SMARTS) is 3. The molecule has 0 aliphatic heterocycles. The Bertz CT molecular complexity index is 519. The third kappa shape index (κ3) is 10.4. The highest BCUT2D eigenvalue weighted by Gasteiger charge is 2.24. The maximum absolute atomic E-state index is 11.4. The van der Waals surface area contributed by atoms with Gasteiger partial charge < -0.3 is 25.2 Å². The van der Waals surface area contributed by atoms with E-state index in [0.29, 0.717) is 0 Å². The average molecular weight is 376 g/mol. The minimum atomic E-state index is -1.23. The van der Waals surface area contributed by atoms with Gasteiger partial charge in [0.2, 0.25) is 0 Å². The van der Waals surface area contributed by atoms with Crippen LogP contribution in [0.3, 0.4) is 0 Å². The lowest BCUT2D eigenvalue weighted by molar-refractivity contribution is -0.145. The monoisotopic (exact) mass is 376 g/mol. The molecule has 148 valence electrons. The van der Waals surface area contributed by atoms with Gasteiger partial charge in [0, 0.05) is 18.7 Å². The number of aliphatic hydroxyl groups is 1. The van der Waals surface area contributed by atoms with Gasteiger partial charge in [-0.25, -0.2) is 4.79 Å². The first-order valence-corrected chi connectivity index (χ1v) is 7.62. The first kappa shape index (κ1) is 23.5. The SMILES string of the molecule is C=C(C)C(=O)OCC(CO)N(CCN(CC(=O)O)CC(=O)O)CC(=O)O. The highest BCUT2D eigenvalue weighted by atomic mass is 16.5. The van der Waals surface area contributed by atoms with Gasteiger partial charge >= 0.3 is 23.9 Å². The van der Waals surface area contributed by atoms with Crippen LogP contribution in [0.2, 0.25) is 0 Å². The van der Waals surface area contributed by atoms with Gasteiger partial charge in [0.15, 0.2) is 0 Å². The lowest BCUT2D eigenvalue weighted by atomic mass is 10.2. The second kappa shape index (κ2) is 12.0. The number of carbonyl (C=O) groups is 4. The summed E-state index contributed by atoms with van der Waals surface area (Å²) >= 11 is 0. The Morgan fingerprint density at radius 1 is 0.962 bits per heavy atom. The number of carbonyl (C=O) groups excluding carboxylic acids is 1. The van der Waals surface area contributed by atoms with E-state index < -0.39 is 56.2 Å². The van der Waals surface area contributed by atoms with Crippen LogP contribution in [0.5, 0.6) is 0 Å². The topological polar surface area (TPSA) is 165 Å². The third-order valence-electron chi connectivity index (χ3n) is 3.24. The number of aliphatic hydroxyl groups excluding tert-OH is 1. The molecule has 0 rings (SSSR count). The van der Waals surface area contributed by atoms with Crippen molar-refractivity contribution in [3.05, 3.63) is 12.2 Å². The van der Waals surface area contributed by atoms with E-state index in [9.17, 15) is 24.3 Å². The molecule has 0 heterocycles. The lowest BCUT2D eigenvalue weighted by Crippen LogP contribution is -2.48. The van der Waals surface area contributed by atoms with Crippen molar-refractivity contribution >= 4 is 23.9 Å². The van der Waals surface area contributed by atoms with E-state index in [-0.39, 0.29) is 25.3 Å². The second-order valence-corrected chi connectivity index (χ2v) is 5.58. The van der Waals surface area contributed by atoms with Crippen molar-refractivity contribution in [2.75, 3.05) is 45.9 Å². The van der Waals surface area contributed by atoms with E-state index in [1.807, 2.05) is 0 Å². The maximum atomic E-state index is 11.4. The Labute approximate surface area is 150 Å². The van der Waals surface area contributed by atoms with Crippen LogP contribution < -0.4 is 0 Å². The molecule has 0 aromatic rings. The third-order valence-corrected chi connectivity index (χ3v) is 3.24. The first-order valence-electron chi connectivity index (χ1n) is 7.62. The highest BCUT2D eigenvalue weighted by molar-refractivity contribution is 5.86. The average Bonchev–Trinajstić information content (AvgIpc) is 2.50. The summed E-state index contributed by atoms with van der Waals surface area (Å²) in [4.78, 5) is 46.4. The zero-order valence-corrected chi connectivity index (χ0v) is 14.5. The smallest absolute Gasteiger partial charge is 0.333 e. The molecule has 0 aromatic heterocycles. The quantitative estimate of drug-likeness (QED) is 0.202. The van der Waals surface area contributed by atoms with Crippen molar-refractivity contribution in [2.24, 2.45) is 0 Å². The van der Waals surface area contributed by atoms with Crippen LogP contribution in [-0.4, -0.2) is 106 Å². The summed E-state index contributed by atoms with van der Waals surface area (Å²) < 4.78 is 4.92. The summed E-state index contributed by atoms with van der Waals surface area (Å²) in [5.74, 6) is -4.37. The molecular weight excluding hydrogens is 352 g/mol. The van der Waals surface area contributed by atoms with Gasteiger partial charge in [0.05, 0.1) is 32.3 Å². The Morgan fingerprint density at radius 3 is 1.85 bits per heavy atom. The Balaban J connectivity index is 4.98. The summed E-state index contributed by atoms with van der Waals surface area (Å²) in [7, 11) is 0. The fraction of sp³-hybridized carbons (Fsp3) is 0.600. The lowest BCUT2D eigenvalue weighted by Gasteiger charge is -2.30. The van der Waals surface area contributed by atoms with E-state index in [1.165, 1.54) is 11.8 Å². The number of hydrogen-bond acceptors (Lipinski definition) is 8. The molecule has 0 aromatic carbocycles. The molecule has 0 aliphatic rings. The molecule has 0 amide bonds. The maximum Gasteiger partial charge on any atom is 0.333 e. The fourth-order valence-electron chi connectivity index (χ4n) is 2.00. The Kier molecular flexibility index (Phi) is 10.8. The number of aliphatic carboxylic acids is 3. The normalized spacial score (nSPS) is 12.0. The Morgan fingerprint density at radius 2 is 1.46 bits per heavy atom. The van der Waals surface area contributed by atoms with Gasteiger partial charge in [-0.05, 0) is 6.92 Å². The van der Waals surface area contributed by atoms with E-state index in [1.54, 1.807) is 0 Å². The predicted molar refractivity (Wildman–Crippen MR) is 87.6 cm³/mol. The molecule has 0 aliphatic carbocycles. The zero-order chi connectivity index (χ0) is 20.3. The molecule has 4 N–H and O–H groups in total. The van der Waals surface area contributed by atoms with E-state index in [0.717, 1.165) is 4.90 Å². The van der Waals surface area contributed by atoms with Crippen LogP contribution in [0, 0.1) is 0 Å². The van der Waals surface area contributed by atoms with Crippen LogP contribution >= 0.6 is 0 Å². The fourth-order valence-corrected chi connectivity index (χ4v) is 2.00. The summed E-state index contributed by atoms with van der Waals surface area (Å²) in [5, 5.41) is 36.1. The van der Waals surface area contributed by atoms with Crippen LogP contribution in [0.1, 0.15) is 6.92 Å². The summed E-state index contributed by atoms with van der Waals surface area (Å²) in [5.41, 5.74) is 0.139. The van der Waals surface area contributed by atoms with E-state index in [4.69, 9.17) is 20.1 Å². The molecule has 11 nitrogen and oxygen atoms in total. The minimum Gasteiger partial charge on any atom is -0.480 e. The van der Waals surface area contributed by atoms with Gasteiger partial charge in [-0.3, -0.25) is 24.2 Å². The van der Waals surface area contributed by atoms with Crippen LogP contribution in [0.15, 0.2) is 12.2 Å². The second-order valence-electron chi connectivity index (χ2n) is 5.58. The van der Waals surface area contributed by atoms with E-state index in [2.05, 4.69) is 6.58 Å². The summed E-state index contributed by atoms with van der Waals surface area (Å²) in [6.45, 7) is 2.30. The molecule has 0 radical (unpaired) electrons. The molecule has 0 bridgehead atoms. The van der Waals surface area contributed by atoms with Crippen molar-refractivity contribution in [1.82, 2.24) is 9.80 Å². The van der Waals surface area contributed by atoms with Gasteiger partial charge in [-0.15, -0.1) is 0 Å². The first-order chi connectivity index (χ1) is 12.1. The number of esters is 1. The van der Waals surface area contributed by atoms with E-state index >= 15 is 0 Å². The standard InChI is InChI=1S/C15H24N2O9/c1-10(2)15(25)26-9-11(8-18)17(7-14(23)24)4-3-16(5-12(19)20)6-13(21)22/h11,18H,1,3-9H2,2H3,(H,19,20)(H,21,22)(H,23,24). The molecule has 1 atom stereocenters. The van der Waals surface area contributed by atoms with Crippen molar-refractivity contribution in [3.63, 3.8) is 0 Å². The summed E-state index contributed by atoms with van der Waals surface area (Å²) in [6.07, 6.45) is 0. The molecule has 1 unspecified atom stereocenters. The minimum absolute atomic E-state index is 0.0529. The number of nitrogens with zero attached hydrogens (tertiary/aromatic N) is 2. The van der Waals surface area contributed by atoms with Gasteiger partial charge in [-0.2, -0.15) is 0 Å².